The van der Waals surface area contributed by atoms with Crippen LogP contribution in [0.4, 0.5) is 10.5 Å². The molecule has 0 saturated carbocycles. The van der Waals surface area contributed by atoms with Crippen molar-refractivity contribution in [2.24, 2.45) is 0 Å². The van der Waals surface area contributed by atoms with Crippen molar-refractivity contribution >= 4 is 40.3 Å². The molecule has 1 aromatic carbocycles. The molecule has 94 valence electrons. The summed E-state index contributed by atoms with van der Waals surface area (Å²) in [6.45, 7) is 1.89. The van der Waals surface area contributed by atoms with Crippen molar-refractivity contribution in [1.82, 2.24) is 5.32 Å². The van der Waals surface area contributed by atoms with Crippen LogP contribution in [0.1, 0.15) is 17.3 Å². The largest absolute Gasteiger partial charge is 0.478 e. The Morgan fingerprint density at radius 1 is 1.44 bits per heavy atom. The first-order valence-corrected chi connectivity index (χ1v) is 6.09. The lowest BCUT2D eigenvalue weighted by molar-refractivity contribution is 0.0698. The summed E-state index contributed by atoms with van der Waals surface area (Å²) in [6, 6.07) is 4.27. The lowest BCUT2D eigenvalue weighted by Gasteiger charge is -2.08. The van der Waals surface area contributed by atoms with Gasteiger partial charge in [0.1, 0.15) is 0 Å². The van der Waals surface area contributed by atoms with E-state index in [4.69, 9.17) is 5.11 Å². The summed E-state index contributed by atoms with van der Waals surface area (Å²) >= 11 is 2.01. The zero-order valence-electron chi connectivity index (χ0n) is 9.58. The number of urea groups is 1. The van der Waals surface area contributed by atoms with Crippen LogP contribution in [0.3, 0.4) is 0 Å². The molecule has 5 nitrogen and oxygen atoms in total. The third kappa shape index (κ3) is 4.25. The number of nitrogens with one attached hydrogen (secondary N) is 2. The van der Waals surface area contributed by atoms with Gasteiger partial charge in [0.15, 0.2) is 0 Å². The molecule has 0 bridgehead atoms. The standard InChI is InChI=1S/C12H11IN2O3/c1-2-3-6-14-12(18)15-10-5-4-8(13)7-9(10)11(16)17/h4-5,7H,6H2,1H3,(H,16,17)(H2,14,15,18). The maximum absolute atomic E-state index is 11.5. The van der Waals surface area contributed by atoms with Gasteiger partial charge < -0.3 is 15.7 Å². The topological polar surface area (TPSA) is 78.4 Å². The average Bonchev–Trinajstić information content (AvgIpc) is 2.31. The van der Waals surface area contributed by atoms with E-state index in [1.54, 1.807) is 19.1 Å². The van der Waals surface area contributed by atoms with Gasteiger partial charge in [-0.1, -0.05) is 5.92 Å². The highest BCUT2D eigenvalue weighted by Crippen LogP contribution is 2.18. The Kier molecular flexibility index (Phi) is 5.45. The number of halogens is 1. The van der Waals surface area contributed by atoms with E-state index in [2.05, 4.69) is 22.5 Å². The van der Waals surface area contributed by atoms with Gasteiger partial charge in [0.25, 0.3) is 0 Å². The van der Waals surface area contributed by atoms with E-state index < -0.39 is 12.0 Å². The minimum atomic E-state index is -1.09. The van der Waals surface area contributed by atoms with Gasteiger partial charge >= 0.3 is 12.0 Å². The molecule has 0 fully saturated rings. The van der Waals surface area contributed by atoms with Gasteiger partial charge in [0.2, 0.25) is 0 Å². The van der Waals surface area contributed by atoms with E-state index in [0.29, 0.717) is 0 Å². The smallest absolute Gasteiger partial charge is 0.337 e. The number of carboxylic acid groups (broad SMARTS) is 1. The molecule has 1 aromatic rings. The zero-order valence-corrected chi connectivity index (χ0v) is 11.7. The molecule has 0 aliphatic heterocycles. The number of hydrogen-bond acceptors (Lipinski definition) is 2. The van der Waals surface area contributed by atoms with E-state index in [1.165, 1.54) is 6.07 Å². The quantitative estimate of drug-likeness (QED) is 0.572. The SMILES string of the molecule is CC#CCNC(=O)Nc1ccc(I)cc1C(=O)O. The number of aromatic carboxylic acids is 1. The molecule has 0 unspecified atom stereocenters. The molecule has 6 heteroatoms. The van der Waals surface area contributed by atoms with Crippen molar-refractivity contribution in [3.05, 3.63) is 27.3 Å². The van der Waals surface area contributed by atoms with Crippen LogP contribution in [0.5, 0.6) is 0 Å². The summed E-state index contributed by atoms with van der Waals surface area (Å²) in [5, 5.41) is 14.0. The molecule has 0 aliphatic rings. The second-order valence-electron chi connectivity index (χ2n) is 3.23. The summed E-state index contributed by atoms with van der Waals surface area (Å²) in [5.41, 5.74) is 0.309. The van der Waals surface area contributed by atoms with E-state index in [9.17, 15) is 9.59 Å². The minimum absolute atomic E-state index is 0.0543. The van der Waals surface area contributed by atoms with Crippen molar-refractivity contribution in [2.45, 2.75) is 6.92 Å². The van der Waals surface area contributed by atoms with Crippen molar-refractivity contribution in [1.29, 1.82) is 0 Å². The summed E-state index contributed by atoms with van der Waals surface area (Å²) in [7, 11) is 0. The fourth-order valence-electron chi connectivity index (χ4n) is 1.18. The van der Waals surface area contributed by atoms with Crippen molar-refractivity contribution in [3.63, 3.8) is 0 Å². The summed E-state index contributed by atoms with van der Waals surface area (Å²) < 4.78 is 0.785. The maximum atomic E-state index is 11.5. The molecule has 1 rings (SSSR count). The van der Waals surface area contributed by atoms with Gasteiger partial charge in [-0.2, -0.15) is 0 Å². The first kappa shape index (κ1) is 14.3. The molecule has 0 saturated heterocycles. The van der Waals surface area contributed by atoms with Crippen molar-refractivity contribution < 1.29 is 14.7 Å². The molecule has 0 heterocycles. The maximum Gasteiger partial charge on any atom is 0.337 e. The van der Waals surface area contributed by atoms with Crippen LogP contribution >= 0.6 is 22.6 Å². The van der Waals surface area contributed by atoms with Crippen LogP contribution in [0, 0.1) is 15.4 Å². The highest BCUT2D eigenvalue weighted by atomic mass is 127. The van der Waals surface area contributed by atoms with Crippen LogP contribution < -0.4 is 10.6 Å². The van der Waals surface area contributed by atoms with Crippen LogP contribution in [-0.4, -0.2) is 23.7 Å². The fourth-order valence-corrected chi connectivity index (χ4v) is 1.67. The fraction of sp³-hybridized carbons (Fsp3) is 0.167. The molecule has 0 radical (unpaired) electrons. The molecule has 18 heavy (non-hydrogen) atoms. The monoisotopic (exact) mass is 358 g/mol. The first-order chi connectivity index (χ1) is 8.54. The third-order valence-corrected chi connectivity index (χ3v) is 2.65. The van der Waals surface area contributed by atoms with E-state index >= 15 is 0 Å². The minimum Gasteiger partial charge on any atom is -0.478 e. The van der Waals surface area contributed by atoms with Crippen molar-refractivity contribution in [3.8, 4) is 11.8 Å². The van der Waals surface area contributed by atoms with Crippen LogP contribution in [0.25, 0.3) is 0 Å². The van der Waals surface area contributed by atoms with Crippen LogP contribution in [-0.2, 0) is 0 Å². The highest BCUT2D eigenvalue weighted by molar-refractivity contribution is 14.1. The molecule has 2 amide bonds. The van der Waals surface area contributed by atoms with Gasteiger partial charge in [-0.05, 0) is 47.7 Å². The molecular weight excluding hydrogens is 347 g/mol. The Morgan fingerprint density at radius 3 is 2.78 bits per heavy atom. The molecule has 0 aromatic heterocycles. The van der Waals surface area contributed by atoms with Crippen molar-refractivity contribution in [2.75, 3.05) is 11.9 Å². The predicted molar refractivity (Wildman–Crippen MR) is 76.6 cm³/mol. The van der Waals surface area contributed by atoms with Gasteiger partial charge in [-0.25, -0.2) is 9.59 Å². The molecule has 0 spiro atoms. The Balaban J connectivity index is 2.79. The Hall–Kier alpha value is -1.75. The number of carbonyl (C=O) groups is 2. The second-order valence-corrected chi connectivity index (χ2v) is 4.48. The van der Waals surface area contributed by atoms with Gasteiger partial charge in [0, 0.05) is 3.57 Å². The molecule has 0 aliphatic carbocycles. The van der Waals surface area contributed by atoms with E-state index in [1.807, 2.05) is 22.6 Å². The second kappa shape index (κ2) is 6.86. The predicted octanol–water partition coefficient (Wildman–Crippen LogP) is 2.13. The normalized spacial score (nSPS) is 9.00. The van der Waals surface area contributed by atoms with Gasteiger partial charge in [0.05, 0.1) is 17.8 Å². The summed E-state index contributed by atoms with van der Waals surface area (Å²) in [6.07, 6.45) is 0. The Labute approximate surface area is 118 Å². The number of carboxylic acids is 1. The third-order valence-electron chi connectivity index (χ3n) is 1.97. The Bertz CT molecular complexity index is 532. The number of rotatable bonds is 3. The van der Waals surface area contributed by atoms with Crippen LogP contribution in [0.2, 0.25) is 0 Å². The Morgan fingerprint density at radius 2 is 2.17 bits per heavy atom. The molecular formula is C12H11IN2O3. The van der Waals surface area contributed by atoms with E-state index in [-0.39, 0.29) is 17.8 Å². The average molecular weight is 358 g/mol. The summed E-state index contributed by atoms with van der Waals surface area (Å²) in [4.78, 5) is 22.5. The number of anilines is 1. The molecule has 3 N–H and O–H groups in total. The lowest BCUT2D eigenvalue weighted by Crippen LogP contribution is -2.29. The highest BCUT2D eigenvalue weighted by Gasteiger charge is 2.12. The summed E-state index contributed by atoms with van der Waals surface area (Å²) in [5.74, 6) is 4.22. The van der Waals surface area contributed by atoms with E-state index in [0.717, 1.165) is 3.57 Å². The lowest BCUT2D eigenvalue weighted by atomic mass is 10.2. The number of amides is 2. The zero-order chi connectivity index (χ0) is 13.5. The van der Waals surface area contributed by atoms with Gasteiger partial charge in [-0.3, -0.25) is 0 Å². The number of hydrogen-bond donors (Lipinski definition) is 3. The van der Waals surface area contributed by atoms with Gasteiger partial charge in [-0.15, -0.1) is 5.92 Å². The first-order valence-electron chi connectivity index (χ1n) is 5.02. The number of benzene rings is 1. The van der Waals surface area contributed by atoms with Crippen LogP contribution in [0.15, 0.2) is 18.2 Å². The molecule has 0 atom stereocenters. The number of carbonyl (C=O) groups excluding carboxylic acids is 1.